The van der Waals surface area contributed by atoms with Gasteiger partial charge in [-0.1, -0.05) is 20.8 Å². The second kappa shape index (κ2) is 5.92. The van der Waals surface area contributed by atoms with Gasteiger partial charge in [0, 0.05) is 32.6 Å². The van der Waals surface area contributed by atoms with Gasteiger partial charge in [0.15, 0.2) is 5.76 Å². The van der Waals surface area contributed by atoms with E-state index in [-0.39, 0.29) is 17.2 Å². The lowest BCUT2D eigenvalue weighted by atomic mass is 9.91. The predicted octanol–water partition coefficient (Wildman–Crippen LogP) is 2.31. The van der Waals surface area contributed by atoms with Crippen LogP contribution in [0.1, 0.15) is 43.5 Å². The molecule has 1 aromatic rings. The van der Waals surface area contributed by atoms with Crippen LogP contribution in [-0.2, 0) is 4.79 Å². The normalized spacial score (nSPS) is 16.2. The maximum absolute atomic E-state index is 12.2. The standard InChI is InChI=1S/C16H24N2O3/c1-12-5-6-13(21-12)15(20)18-9-7-17(8-10-18)14(19)11-16(2,3)4/h5-6H,7-11H2,1-4H3. The molecule has 1 aliphatic heterocycles. The molecule has 0 aliphatic carbocycles. The van der Waals surface area contributed by atoms with Crippen molar-refractivity contribution in [2.45, 2.75) is 34.1 Å². The van der Waals surface area contributed by atoms with Gasteiger partial charge in [0.25, 0.3) is 5.91 Å². The number of hydrogen-bond acceptors (Lipinski definition) is 3. The average Bonchev–Trinajstić information content (AvgIpc) is 2.83. The summed E-state index contributed by atoms with van der Waals surface area (Å²) in [5.41, 5.74) is -0.00423. The van der Waals surface area contributed by atoms with Gasteiger partial charge in [0.05, 0.1) is 0 Å². The zero-order valence-electron chi connectivity index (χ0n) is 13.3. The fraction of sp³-hybridized carbons (Fsp3) is 0.625. The van der Waals surface area contributed by atoms with Gasteiger partial charge in [-0.25, -0.2) is 0 Å². The third kappa shape index (κ3) is 4.09. The van der Waals surface area contributed by atoms with E-state index in [1.54, 1.807) is 17.0 Å². The first kappa shape index (κ1) is 15.6. The van der Waals surface area contributed by atoms with E-state index in [2.05, 4.69) is 20.8 Å². The summed E-state index contributed by atoms with van der Waals surface area (Å²) in [6.07, 6.45) is 0.540. The van der Waals surface area contributed by atoms with E-state index in [1.807, 2.05) is 11.8 Å². The van der Waals surface area contributed by atoms with Crippen LogP contribution < -0.4 is 0 Å². The monoisotopic (exact) mass is 292 g/mol. The fourth-order valence-corrected chi connectivity index (χ4v) is 2.43. The predicted molar refractivity (Wildman–Crippen MR) is 80.0 cm³/mol. The minimum Gasteiger partial charge on any atom is -0.456 e. The van der Waals surface area contributed by atoms with Crippen LogP contribution in [0.25, 0.3) is 0 Å². The lowest BCUT2D eigenvalue weighted by Crippen LogP contribution is -2.51. The highest BCUT2D eigenvalue weighted by Gasteiger charge is 2.28. The Morgan fingerprint density at radius 3 is 2.14 bits per heavy atom. The molecule has 0 N–H and O–H groups in total. The molecule has 5 nitrogen and oxygen atoms in total. The molecule has 5 heteroatoms. The average molecular weight is 292 g/mol. The number of carbonyl (C=O) groups is 2. The first-order chi connectivity index (χ1) is 9.76. The Hall–Kier alpha value is -1.78. The number of aryl methyl sites for hydroxylation is 1. The van der Waals surface area contributed by atoms with Gasteiger partial charge in [-0.3, -0.25) is 9.59 Å². The van der Waals surface area contributed by atoms with Gasteiger partial charge in [0.2, 0.25) is 5.91 Å². The van der Waals surface area contributed by atoms with Gasteiger partial charge < -0.3 is 14.2 Å². The van der Waals surface area contributed by atoms with E-state index in [9.17, 15) is 9.59 Å². The number of carbonyl (C=O) groups excluding carboxylic acids is 2. The lowest BCUT2D eigenvalue weighted by molar-refractivity contribution is -0.134. The van der Waals surface area contributed by atoms with Crippen LogP contribution in [0.2, 0.25) is 0 Å². The van der Waals surface area contributed by atoms with Crippen molar-refractivity contribution in [1.82, 2.24) is 9.80 Å². The Morgan fingerprint density at radius 2 is 1.67 bits per heavy atom. The number of nitrogens with zero attached hydrogens (tertiary/aromatic N) is 2. The summed E-state index contributed by atoms with van der Waals surface area (Å²) >= 11 is 0. The summed E-state index contributed by atoms with van der Waals surface area (Å²) in [6.45, 7) is 10.3. The lowest BCUT2D eigenvalue weighted by Gasteiger charge is -2.35. The Balaban J connectivity index is 1.88. The molecule has 0 spiro atoms. The van der Waals surface area contributed by atoms with Crippen LogP contribution in [0.4, 0.5) is 0 Å². The van der Waals surface area contributed by atoms with Crippen molar-refractivity contribution in [3.8, 4) is 0 Å². The minimum absolute atomic E-state index is 0.00423. The fourth-order valence-electron chi connectivity index (χ4n) is 2.43. The van der Waals surface area contributed by atoms with Gasteiger partial charge >= 0.3 is 0 Å². The van der Waals surface area contributed by atoms with Crippen LogP contribution in [-0.4, -0.2) is 47.8 Å². The zero-order valence-corrected chi connectivity index (χ0v) is 13.3. The molecular formula is C16H24N2O3. The summed E-state index contributed by atoms with van der Waals surface area (Å²) in [4.78, 5) is 28.0. The van der Waals surface area contributed by atoms with Gasteiger partial charge in [-0.2, -0.15) is 0 Å². The van der Waals surface area contributed by atoms with E-state index < -0.39 is 0 Å². The Bertz CT molecular complexity index is 520. The topological polar surface area (TPSA) is 53.8 Å². The molecule has 2 rings (SSSR count). The highest BCUT2D eigenvalue weighted by Crippen LogP contribution is 2.20. The van der Waals surface area contributed by atoms with Gasteiger partial charge in [-0.05, 0) is 24.5 Å². The molecule has 2 heterocycles. The quantitative estimate of drug-likeness (QED) is 0.840. The van der Waals surface area contributed by atoms with Gasteiger partial charge in [-0.15, -0.1) is 0 Å². The van der Waals surface area contributed by atoms with Crippen molar-refractivity contribution in [2.24, 2.45) is 5.41 Å². The molecule has 116 valence electrons. The van der Waals surface area contributed by atoms with Crippen LogP contribution in [0, 0.1) is 12.3 Å². The maximum Gasteiger partial charge on any atom is 0.289 e. The van der Waals surface area contributed by atoms with Crippen LogP contribution >= 0.6 is 0 Å². The van der Waals surface area contributed by atoms with E-state index in [4.69, 9.17) is 4.42 Å². The number of piperazine rings is 1. The smallest absolute Gasteiger partial charge is 0.289 e. The third-order valence-electron chi connectivity index (χ3n) is 3.55. The number of hydrogen-bond donors (Lipinski definition) is 0. The van der Waals surface area contributed by atoms with E-state index in [0.717, 1.165) is 5.76 Å². The van der Waals surface area contributed by atoms with Crippen LogP contribution in [0.5, 0.6) is 0 Å². The van der Waals surface area contributed by atoms with Crippen molar-refractivity contribution in [3.63, 3.8) is 0 Å². The molecule has 1 fully saturated rings. The molecule has 21 heavy (non-hydrogen) atoms. The second-order valence-corrected chi connectivity index (χ2v) is 6.82. The van der Waals surface area contributed by atoms with Crippen molar-refractivity contribution in [3.05, 3.63) is 23.7 Å². The van der Waals surface area contributed by atoms with E-state index in [0.29, 0.717) is 38.4 Å². The molecule has 0 aromatic carbocycles. The summed E-state index contributed by atoms with van der Waals surface area (Å²) in [5.74, 6) is 1.19. The summed E-state index contributed by atoms with van der Waals surface area (Å²) < 4.78 is 5.37. The molecule has 0 bridgehead atoms. The van der Waals surface area contributed by atoms with E-state index >= 15 is 0 Å². The van der Waals surface area contributed by atoms with Crippen molar-refractivity contribution in [1.29, 1.82) is 0 Å². The number of amides is 2. The van der Waals surface area contributed by atoms with Crippen molar-refractivity contribution in [2.75, 3.05) is 26.2 Å². The first-order valence-electron chi connectivity index (χ1n) is 7.40. The minimum atomic E-state index is -0.0916. The molecule has 0 saturated carbocycles. The third-order valence-corrected chi connectivity index (χ3v) is 3.55. The van der Waals surface area contributed by atoms with Crippen molar-refractivity contribution >= 4 is 11.8 Å². The number of rotatable bonds is 2. The molecule has 1 aliphatic rings. The molecule has 0 atom stereocenters. The molecule has 0 radical (unpaired) electrons. The zero-order chi connectivity index (χ0) is 15.6. The summed E-state index contributed by atoms with van der Waals surface area (Å²) in [6, 6.07) is 3.49. The number of furan rings is 1. The maximum atomic E-state index is 12.2. The van der Waals surface area contributed by atoms with Crippen molar-refractivity contribution < 1.29 is 14.0 Å². The van der Waals surface area contributed by atoms with Gasteiger partial charge in [0.1, 0.15) is 5.76 Å². The Labute approximate surface area is 125 Å². The highest BCUT2D eigenvalue weighted by atomic mass is 16.3. The summed E-state index contributed by atoms with van der Waals surface area (Å²) in [7, 11) is 0. The largest absolute Gasteiger partial charge is 0.456 e. The molecule has 1 saturated heterocycles. The first-order valence-corrected chi connectivity index (χ1v) is 7.40. The molecule has 1 aromatic heterocycles. The van der Waals surface area contributed by atoms with Crippen LogP contribution in [0.15, 0.2) is 16.5 Å². The Morgan fingerprint density at radius 1 is 1.10 bits per heavy atom. The molecular weight excluding hydrogens is 268 g/mol. The highest BCUT2D eigenvalue weighted by molar-refractivity contribution is 5.91. The SMILES string of the molecule is Cc1ccc(C(=O)N2CCN(C(=O)CC(C)(C)C)CC2)o1. The van der Waals surface area contributed by atoms with E-state index in [1.165, 1.54) is 0 Å². The summed E-state index contributed by atoms with van der Waals surface area (Å²) in [5, 5.41) is 0. The second-order valence-electron chi connectivity index (χ2n) is 6.82. The Kier molecular flexibility index (Phi) is 4.40. The van der Waals surface area contributed by atoms with Crippen LogP contribution in [0.3, 0.4) is 0 Å². The molecule has 0 unspecified atom stereocenters. The molecule has 2 amide bonds.